The molecule has 10 heteroatoms. The van der Waals surface area contributed by atoms with Crippen molar-refractivity contribution >= 4 is 11.5 Å². The Morgan fingerprint density at radius 1 is 1.30 bits per heavy atom. The number of nitrogens with one attached hydrogen (secondary N) is 2. The lowest BCUT2D eigenvalue weighted by Crippen LogP contribution is -2.38. The fraction of sp³-hybridized carbons (Fsp3) is 0.450. The predicted molar refractivity (Wildman–Crippen MR) is 107 cm³/mol. The van der Waals surface area contributed by atoms with Crippen molar-refractivity contribution < 1.29 is 18.6 Å². The Morgan fingerprint density at radius 2 is 2.10 bits per heavy atom. The standard InChI is InChI=1S/C20H24F2N6O2/c1-20(2,29)18-15(30-3)8-16-24-10-14(28(16)27-18)17-12(21)7-13(22)19(26-17)25-11-5-4-6-23-9-11/h7-8,10-11,23,29H,4-6,9H2,1-3H3,(H,25,26)/t11-/m1/s1. The maximum absolute atomic E-state index is 14.7. The molecule has 1 atom stereocenters. The molecule has 30 heavy (non-hydrogen) atoms. The lowest BCUT2D eigenvalue weighted by molar-refractivity contribution is 0.0694. The highest BCUT2D eigenvalue weighted by atomic mass is 19.1. The quantitative estimate of drug-likeness (QED) is 0.586. The Labute approximate surface area is 172 Å². The van der Waals surface area contributed by atoms with Crippen LogP contribution in [0.1, 0.15) is 32.4 Å². The number of pyridine rings is 1. The maximum Gasteiger partial charge on any atom is 0.168 e. The number of rotatable bonds is 5. The third kappa shape index (κ3) is 3.80. The van der Waals surface area contributed by atoms with Crippen LogP contribution in [-0.4, -0.2) is 50.9 Å². The molecule has 160 valence electrons. The molecule has 1 saturated heterocycles. The topological polar surface area (TPSA) is 96.6 Å². The number of hydrogen-bond acceptors (Lipinski definition) is 7. The molecule has 8 nitrogen and oxygen atoms in total. The van der Waals surface area contributed by atoms with Gasteiger partial charge < -0.3 is 20.5 Å². The average molecular weight is 418 g/mol. The molecule has 3 aromatic heterocycles. The summed E-state index contributed by atoms with van der Waals surface area (Å²) in [5, 5.41) is 21.1. The molecule has 0 bridgehead atoms. The molecule has 4 heterocycles. The highest BCUT2D eigenvalue weighted by molar-refractivity contribution is 5.63. The number of piperidine rings is 1. The number of ether oxygens (including phenoxy) is 1. The van der Waals surface area contributed by atoms with Gasteiger partial charge in [0.05, 0.1) is 13.3 Å². The third-order valence-electron chi connectivity index (χ3n) is 5.07. The van der Waals surface area contributed by atoms with Crippen molar-refractivity contribution in [3.63, 3.8) is 0 Å². The SMILES string of the molecule is COc1cc2ncc(-c3nc(N[C@@H]4CCCNC4)c(F)cc3F)n2nc1C(C)(C)O. The Morgan fingerprint density at radius 3 is 2.77 bits per heavy atom. The number of halogens is 2. The summed E-state index contributed by atoms with van der Waals surface area (Å²) in [6.45, 7) is 4.73. The van der Waals surface area contributed by atoms with Gasteiger partial charge in [0.1, 0.15) is 28.4 Å². The van der Waals surface area contributed by atoms with E-state index in [-0.39, 0.29) is 28.9 Å². The summed E-state index contributed by atoms with van der Waals surface area (Å²) < 4.78 is 35.8. The van der Waals surface area contributed by atoms with Crippen molar-refractivity contribution in [2.45, 2.75) is 38.3 Å². The van der Waals surface area contributed by atoms with Gasteiger partial charge in [0.2, 0.25) is 0 Å². The second kappa shape index (κ2) is 7.77. The molecule has 3 aromatic rings. The van der Waals surface area contributed by atoms with Crippen molar-refractivity contribution in [2.24, 2.45) is 0 Å². The van der Waals surface area contributed by atoms with Crippen LogP contribution in [0.5, 0.6) is 5.75 Å². The van der Waals surface area contributed by atoms with Crippen LogP contribution in [0.4, 0.5) is 14.6 Å². The first-order valence-corrected chi connectivity index (χ1v) is 9.77. The van der Waals surface area contributed by atoms with Gasteiger partial charge in [0, 0.05) is 24.7 Å². The molecule has 1 aliphatic rings. The van der Waals surface area contributed by atoms with E-state index < -0.39 is 17.2 Å². The molecule has 0 aromatic carbocycles. The van der Waals surface area contributed by atoms with Gasteiger partial charge in [-0.15, -0.1) is 0 Å². The van der Waals surface area contributed by atoms with E-state index in [1.54, 1.807) is 19.9 Å². The van der Waals surface area contributed by atoms with Gasteiger partial charge in [-0.25, -0.2) is 23.3 Å². The molecule has 0 saturated carbocycles. The number of fused-ring (bicyclic) bond motifs is 1. The summed E-state index contributed by atoms with van der Waals surface area (Å²) >= 11 is 0. The minimum Gasteiger partial charge on any atom is -0.495 e. The molecule has 1 aliphatic heterocycles. The van der Waals surface area contributed by atoms with Crippen LogP contribution >= 0.6 is 0 Å². The third-order valence-corrected chi connectivity index (χ3v) is 5.07. The molecule has 3 N–H and O–H groups in total. The fourth-order valence-corrected chi connectivity index (χ4v) is 3.56. The average Bonchev–Trinajstić information content (AvgIpc) is 3.12. The van der Waals surface area contributed by atoms with E-state index in [0.717, 1.165) is 25.5 Å². The summed E-state index contributed by atoms with van der Waals surface area (Å²) in [7, 11) is 1.46. The zero-order chi connectivity index (χ0) is 21.5. The number of methoxy groups -OCH3 is 1. The lowest BCUT2D eigenvalue weighted by Gasteiger charge is -2.24. The Balaban J connectivity index is 1.80. The Hall–Kier alpha value is -2.85. The Kier molecular flexibility index (Phi) is 5.29. The Bertz CT molecular complexity index is 1070. The van der Waals surface area contributed by atoms with Gasteiger partial charge in [-0.3, -0.25) is 0 Å². The number of aliphatic hydroxyl groups is 1. The van der Waals surface area contributed by atoms with E-state index in [1.165, 1.54) is 17.8 Å². The van der Waals surface area contributed by atoms with Crippen molar-refractivity contribution in [1.82, 2.24) is 24.9 Å². The van der Waals surface area contributed by atoms with Crippen molar-refractivity contribution in [2.75, 3.05) is 25.5 Å². The van der Waals surface area contributed by atoms with Crippen LogP contribution in [0.3, 0.4) is 0 Å². The van der Waals surface area contributed by atoms with Gasteiger partial charge in [0.15, 0.2) is 23.1 Å². The molecular formula is C20H24F2N6O2. The normalized spacial score (nSPS) is 17.3. The number of nitrogens with zero attached hydrogens (tertiary/aromatic N) is 4. The highest BCUT2D eigenvalue weighted by Crippen LogP contribution is 2.31. The molecule has 1 fully saturated rings. The molecule has 0 amide bonds. The summed E-state index contributed by atoms with van der Waals surface area (Å²) in [5.74, 6) is -1.26. The van der Waals surface area contributed by atoms with Gasteiger partial charge in [-0.1, -0.05) is 0 Å². The highest BCUT2D eigenvalue weighted by Gasteiger charge is 2.26. The maximum atomic E-state index is 14.7. The van der Waals surface area contributed by atoms with Crippen LogP contribution in [-0.2, 0) is 5.60 Å². The van der Waals surface area contributed by atoms with Crippen LogP contribution in [0.25, 0.3) is 17.0 Å². The lowest BCUT2D eigenvalue weighted by atomic mass is 10.0. The molecule has 0 unspecified atom stereocenters. The fourth-order valence-electron chi connectivity index (χ4n) is 3.56. The molecule has 0 spiro atoms. The predicted octanol–water partition coefficient (Wildman–Crippen LogP) is 2.47. The van der Waals surface area contributed by atoms with E-state index in [2.05, 4.69) is 25.7 Å². The minimum absolute atomic E-state index is 0.00502. The summed E-state index contributed by atoms with van der Waals surface area (Å²) in [6, 6.07) is 2.41. The number of anilines is 1. The van der Waals surface area contributed by atoms with E-state index >= 15 is 0 Å². The smallest absolute Gasteiger partial charge is 0.168 e. The van der Waals surface area contributed by atoms with Crippen LogP contribution in [0.15, 0.2) is 18.3 Å². The molecule has 0 radical (unpaired) electrons. The zero-order valence-corrected chi connectivity index (χ0v) is 17.0. The van der Waals surface area contributed by atoms with Gasteiger partial charge in [-0.2, -0.15) is 5.10 Å². The van der Waals surface area contributed by atoms with E-state index in [0.29, 0.717) is 17.9 Å². The molecule has 0 aliphatic carbocycles. The van der Waals surface area contributed by atoms with Crippen LogP contribution in [0, 0.1) is 11.6 Å². The number of imidazole rings is 1. The second-order valence-corrected chi connectivity index (χ2v) is 7.87. The minimum atomic E-state index is -1.31. The number of aromatic nitrogens is 4. The van der Waals surface area contributed by atoms with Crippen molar-refractivity contribution in [1.29, 1.82) is 0 Å². The first-order chi connectivity index (χ1) is 14.3. The van der Waals surface area contributed by atoms with Gasteiger partial charge >= 0.3 is 0 Å². The summed E-state index contributed by atoms with van der Waals surface area (Å²) in [5.41, 5.74) is -0.524. The second-order valence-electron chi connectivity index (χ2n) is 7.87. The first-order valence-electron chi connectivity index (χ1n) is 9.77. The van der Waals surface area contributed by atoms with E-state index in [9.17, 15) is 13.9 Å². The van der Waals surface area contributed by atoms with Crippen LogP contribution < -0.4 is 15.4 Å². The monoisotopic (exact) mass is 418 g/mol. The van der Waals surface area contributed by atoms with Gasteiger partial charge in [-0.05, 0) is 33.2 Å². The van der Waals surface area contributed by atoms with Crippen molar-refractivity contribution in [3.05, 3.63) is 35.7 Å². The van der Waals surface area contributed by atoms with Gasteiger partial charge in [0.25, 0.3) is 0 Å². The molecular weight excluding hydrogens is 394 g/mol. The van der Waals surface area contributed by atoms with E-state index in [1.807, 2.05) is 0 Å². The van der Waals surface area contributed by atoms with E-state index in [4.69, 9.17) is 4.74 Å². The largest absolute Gasteiger partial charge is 0.495 e. The van der Waals surface area contributed by atoms with Crippen LogP contribution in [0.2, 0.25) is 0 Å². The summed E-state index contributed by atoms with van der Waals surface area (Å²) in [4.78, 5) is 8.45. The number of hydrogen-bond donors (Lipinski definition) is 3. The van der Waals surface area contributed by atoms with Crippen molar-refractivity contribution in [3.8, 4) is 17.1 Å². The first kappa shape index (κ1) is 20.4. The summed E-state index contributed by atoms with van der Waals surface area (Å²) in [6.07, 6.45) is 3.24. The molecule has 4 rings (SSSR count). The zero-order valence-electron chi connectivity index (χ0n) is 17.0.